The van der Waals surface area contributed by atoms with Crippen molar-refractivity contribution in [1.82, 2.24) is 4.90 Å². The molecule has 0 spiro atoms. The summed E-state index contributed by atoms with van der Waals surface area (Å²) in [6.07, 6.45) is 0. The minimum Gasteiger partial charge on any atom is -0.508 e. The van der Waals surface area contributed by atoms with E-state index in [1.807, 2.05) is 27.7 Å². The number of phenols is 1. The molecule has 0 fully saturated rings. The molecule has 1 aromatic carbocycles. The fourth-order valence-electron chi connectivity index (χ4n) is 1.80. The maximum atomic E-state index is 12.4. The molecule has 0 radical (unpaired) electrons. The summed E-state index contributed by atoms with van der Waals surface area (Å²) in [6.45, 7) is 7.83. The standard InChI is InChI=1S/C14H20N2O4/c1-9(14(2,3)4)15(5)13(18)11-8-10(17)6-7-12(11)16(19)20/h6-9,17H,1-5H3. The lowest BCUT2D eigenvalue weighted by molar-refractivity contribution is -0.385. The Morgan fingerprint density at radius 3 is 2.40 bits per heavy atom. The first kappa shape index (κ1) is 15.9. The lowest BCUT2D eigenvalue weighted by Gasteiger charge is -2.35. The van der Waals surface area contributed by atoms with Gasteiger partial charge in [0.25, 0.3) is 11.6 Å². The summed E-state index contributed by atoms with van der Waals surface area (Å²) >= 11 is 0. The summed E-state index contributed by atoms with van der Waals surface area (Å²) in [5, 5.41) is 20.4. The van der Waals surface area contributed by atoms with Crippen LogP contribution in [0.15, 0.2) is 18.2 Å². The highest BCUT2D eigenvalue weighted by Crippen LogP contribution is 2.28. The monoisotopic (exact) mass is 280 g/mol. The Morgan fingerprint density at radius 2 is 1.95 bits per heavy atom. The number of rotatable bonds is 3. The number of aromatic hydroxyl groups is 1. The molecule has 6 heteroatoms. The van der Waals surface area contributed by atoms with Gasteiger partial charge in [-0.3, -0.25) is 14.9 Å². The van der Waals surface area contributed by atoms with Crippen LogP contribution < -0.4 is 0 Å². The Kier molecular flexibility index (Phi) is 4.37. The lowest BCUT2D eigenvalue weighted by atomic mass is 9.87. The van der Waals surface area contributed by atoms with Crippen molar-refractivity contribution < 1.29 is 14.8 Å². The highest BCUT2D eigenvalue weighted by Gasteiger charge is 2.31. The van der Waals surface area contributed by atoms with E-state index in [0.29, 0.717) is 0 Å². The maximum absolute atomic E-state index is 12.4. The first-order chi connectivity index (χ1) is 9.05. The Hall–Kier alpha value is -2.11. The normalized spacial score (nSPS) is 12.8. The molecule has 0 heterocycles. The predicted octanol–water partition coefficient (Wildman–Crippen LogP) is 2.81. The summed E-state index contributed by atoms with van der Waals surface area (Å²) < 4.78 is 0. The second-order valence-electron chi connectivity index (χ2n) is 5.92. The number of nitrogens with zero attached hydrogens (tertiary/aromatic N) is 2. The first-order valence-electron chi connectivity index (χ1n) is 6.30. The molecule has 1 amide bonds. The van der Waals surface area contributed by atoms with E-state index in [-0.39, 0.29) is 28.5 Å². The number of carbonyl (C=O) groups is 1. The molecular formula is C14H20N2O4. The van der Waals surface area contributed by atoms with Crippen LogP contribution in [0, 0.1) is 15.5 Å². The second kappa shape index (κ2) is 5.48. The molecule has 0 bridgehead atoms. The summed E-state index contributed by atoms with van der Waals surface area (Å²) in [5.74, 6) is -0.647. The van der Waals surface area contributed by atoms with Gasteiger partial charge >= 0.3 is 0 Å². The number of amides is 1. The Labute approximate surface area is 118 Å². The summed E-state index contributed by atoms with van der Waals surface area (Å²) in [6, 6.07) is 3.35. The molecule has 0 aliphatic carbocycles. The Bertz CT molecular complexity index is 534. The minimum absolute atomic E-state index is 0.103. The fourth-order valence-corrected chi connectivity index (χ4v) is 1.80. The van der Waals surface area contributed by atoms with Gasteiger partial charge in [0.05, 0.1) is 4.92 Å². The maximum Gasteiger partial charge on any atom is 0.282 e. The van der Waals surface area contributed by atoms with E-state index in [9.17, 15) is 20.0 Å². The average molecular weight is 280 g/mol. The zero-order valence-corrected chi connectivity index (χ0v) is 12.4. The van der Waals surface area contributed by atoms with E-state index in [1.165, 1.54) is 11.0 Å². The molecule has 1 atom stereocenters. The molecular weight excluding hydrogens is 260 g/mol. The number of nitro groups is 1. The molecule has 1 aromatic rings. The van der Waals surface area contributed by atoms with Crippen molar-refractivity contribution in [1.29, 1.82) is 0 Å². The van der Waals surface area contributed by atoms with Crippen molar-refractivity contribution >= 4 is 11.6 Å². The summed E-state index contributed by atoms with van der Waals surface area (Å²) in [4.78, 5) is 24.2. The van der Waals surface area contributed by atoms with Gasteiger partial charge < -0.3 is 10.0 Å². The van der Waals surface area contributed by atoms with Crippen LogP contribution >= 0.6 is 0 Å². The molecule has 1 rings (SSSR count). The van der Waals surface area contributed by atoms with Crippen LogP contribution in [-0.2, 0) is 0 Å². The van der Waals surface area contributed by atoms with E-state index in [4.69, 9.17) is 0 Å². The van der Waals surface area contributed by atoms with E-state index in [1.54, 1.807) is 7.05 Å². The summed E-state index contributed by atoms with van der Waals surface area (Å²) in [5.41, 5.74) is -0.565. The molecule has 1 unspecified atom stereocenters. The zero-order chi connectivity index (χ0) is 15.7. The molecule has 0 aliphatic rings. The van der Waals surface area contributed by atoms with Gasteiger partial charge in [0.15, 0.2) is 0 Å². The predicted molar refractivity (Wildman–Crippen MR) is 75.8 cm³/mol. The van der Waals surface area contributed by atoms with E-state index in [2.05, 4.69) is 0 Å². The van der Waals surface area contributed by atoms with Gasteiger partial charge in [-0.2, -0.15) is 0 Å². The number of carbonyl (C=O) groups excluding carboxylic acids is 1. The van der Waals surface area contributed by atoms with Gasteiger partial charge in [-0.05, 0) is 24.5 Å². The van der Waals surface area contributed by atoms with Crippen molar-refractivity contribution in [3.8, 4) is 5.75 Å². The second-order valence-corrected chi connectivity index (χ2v) is 5.92. The van der Waals surface area contributed by atoms with Crippen LogP contribution in [0.5, 0.6) is 5.75 Å². The highest BCUT2D eigenvalue weighted by molar-refractivity contribution is 5.98. The van der Waals surface area contributed by atoms with E-state index >= 15 is 0 Å². The number of phenolic OH excluding ortho intramolecular Hbond substituents is 1. The molecule has 0 saturated heterocycles. The fraction of sp³-hybridized carbons (Fsp3) is 0.500. The molecule has 20 heavy (non-hydrogen) atoms. The van der Waals surface area contributed by atoms with Crippen LogP contribution in [0.25, 0.3) is 0 Å². The van der Waals surface area contributed by atoms with Crippen molar-refractivity contribution in [3.63, 3.8) is 0 Å². The van der Waals surface area contributed by atoms with Gasteiger partial charge in [0.2, 0.25) is 0 Å². The lowest BCUT2D eigenvalue weighted by Crippen LogP contribution is -2.43. The third-order valence-corrected chi connectivity index (χ3v) is 3.56. The van der Waals surface area contributed by atoms with E-state index < -0.39 is 10.8 Å². The van der Waals surface area contributed by atoms with Crippen LogP contribution in [0.2, 0.25) is 0 Å². The smallest absolute Gasteiger partial charge is 0.282 e. The minimum atomic E-state index is -0.623. The molecule has 110 valence electrons. The van der Waals surface area contributed by atoms with Crippen molar-refractivity contribution in [2.75, 3.05) is 7.05 Å². The number of benzene rings is 1. The van der Waals surface area contributed by atoms with Crippen LogP contribution in [0.4, 0.5) is 5.69 Å². The SMILES string of the molecule is CC(N(C)C(=O)c1cc(O)ccc1[N+](=O)[O-])C(C)(C)C. The van der Waals surface area contributed by atoms with Crippen LogP contribution in [0.1, 0.15) is 38.1 Å². The molecule has 0 aliphatic heterocycles. The third kappa shape index (κ3) is 3.26. The van der Waals surface area contributed by atoms with Crippen LogP contribution in [0.3, 0.4) is 0 Å². The average Bonchev–Trinajstić information content (AvgIpc) is 2.34. The Balaban J connectivity index is 3.21. The van der Waals surface area contributed by atoms with Crippen molar-refractivity contribution in [3.05, 3.63) is 33.9 Å². The molecule has 0 aromatic heterocycles. The molecule has 1 N–H and O–H groups in total. The zero-order valence-electron chi connectivity index (χ0n) is 12.4. The molecule has 6 nitrogen and oxygen atoms in total. The van der Waals surface area contributed by atoms with Crippen molar-refractivity contribution in [2.45, 2.75) is 33.7 Å². The van der Waals surface area contributed by atoms with Crippen LogP contribution in [-0.4, -0.2) is 33.9 Å². The number of hydrogen-bond acceptors (Lipinski definition) is 4. The summed E-state index contributed by atoms with van der Waals surface area (Å²) in [7, 11) is 1.60. The van der Waals surface area contributed by atoms with Gasteiger partial charge in [-0.1, -0.05) is 20.8 Å². The van der Waals surface area contributed by atoms with Gasteiger partial charge in [0.1, 0.15) is 11.3 Å². The Morgan fingerprint density at radius 1 is 1.40 bits per heavy atom. The largest absolute Gasteiger partial charge is 0.508 e. The van der Waals surface area contributed by atoms with Gasteiger partial charge in [-0.15, -0.1) is 0 Å². The first-order valence-corrected chi connectivity index (χ1v) is 6.30. The highest BCUT2D eigenvalue weighted by atomic mass is 16.6. The van der Waals surface area contributed by atoms with Gasteiger partial charge in [0, 0.05) is 19.2 Å². The van der Waals surface area contributed by atoms with Crippen molar-refractivity contribution in [2.24, 2.45) is 5.41 Å². The van der Waals surface area contributed by atoms with E-state index in [0.717, 1.165) is 12.1 Å². The third-order valence-electron chi connectivity index (χ3n) is 3.56. The number of hydrogen-bond donors (Lipinski definition) is 1. The van der Waals surface area contributed by atoms with Gasteiger partial charge in [-0.25, -0.2) is 0 Å². The quantitative estimate of drug-likeness (QED) is 0.681. The topological polar surface area (TPSA) is 83.7 Å². The number of nitro benzene ring substituents is 1. The molecule has 0 saturated carbocycles.